The van der Waals surface area contributed by atoms with Crippen molar-refractivity contribution in [2.45, 2.75) is 85.5 Å². The number of aromatic nitrogens is 3. The van der Waals surface area contributed by atoms with Crippen molar-refractivity contribution in [2.75, 3.05) is 0 Å². The van der Waals surface area contributed by atoms with E-state index in [4.69, 9.17) is 9.97 Å². The van der Waals surface area contributed by atoms with Gasteiger partial charge >= 0.3 is 0 Å². The number of pyridine rings is 1. The molecule has 4 heteroatoms. The molecular weight excluding hydrogens is 935 g/mol. The number of aromatic hydroxyl groups is 1. The van der Waals surface area contributed by atoms with Crippen molar-refractivity contribution in [3.05, 3.63) is 241 Å². The highest BCUT2D eigenvalue weighted by atomic mass is 16.3. The average molecular weight is 1000 g/mol. The second kappa shape index (κ2) is 19.8. The van der Waals surface area contributed by atoms with Crippen LogP contribution in [0.25, 0.3) is 106 Å². The molecule has 0 saturated carbocycles. The van der Waals surface area contributed by atoms with Crippen LogP contribution in [0, 0.1) is 6.92 Å². The quantitative estimate of drug-likeness (QED) is 0.157. The average Bonchev–Trinajstić information content (AvgIpc) is 3.94. The summed E-state index contributed by atoms with van der Waals surface area (Å²) in [7, 11) is 0. The molecule has 0 amide bonds. The fraction of sp³-hybridized carbons (Fsp3) is 0.178. The predicted octanol–water partition coefficient (Wildman–Crippen LogP) is 19.7. The van der Waals surface area contributed by atoms with E-state index >= 15 is 0 Å². The third-order valence-electron chi connectivity index (χ3n) is 15.1. The molecule has 0 saturated heterocycles. The molecule has 0 unspecified atom stereocenters. The first-order valence-corrected chi connectivity index (χ1v) is 26.9. The Morgan fingerprint density at radius 2 is 0.935 bits per heavy atom. The topological polar surface area (TPSA) is 50.9 Å². The van der Waals surface area contributed by atoms with Crippen molar-refractivity contribution in [1.29, 1.82) is 0 Å². The molecule has 0 atom stereocenters. The Labute approximate surface area is 455 Å². The number of phenols is 1. The number of hydrogen-bond donors (Lipinski definition) is 1. The molecule has 11 rings (SSSR count). The van der Waals surface area contributed by atoms with Crippen LogP contribution < -0.4 is 0 Å². The van der Waals surface area contributed by atoms with Gasteiger partial charge in [0.2, 0.25) is 0 Å². The van der Waals surface area contributed by atoms with E-state index in [0.29, 0.717) is 11.4 Å². The van der Waals surface area contributed by atoms with Gasteiger partial charge in [-0.3, -0.25) is 9.55 Å². The molecule has 2 heterocycles. The Hall–Kier alpha value is -8.60. The Bertz CT molecular complexity index is 3960. The molecule has 4 nitrogen and oxygen atoms in total. The lowest BCUT2D eigenvalue weighted by atomic mass is 9.78. The minimum Gasteiger partial charge on any atom is -0.507 e. The van der Waals surface area contributed by atoms with Gasteiger partial charge in [-0.2, -0.15) is 0 Å². The summed E-state index contributed by atoms with van der Waals surface area (Å²) in [6.45, 7) is 22.3. The van der Waals surface area contributed by atoms with Gasteiger partial charge in [0.15, 0.2) is 0 Å². The van der Waals surface area contributed by atoms with Crippen molar-refractivity contribution >= 4 is 11.0 Å². The van der Waals surface area contributed by atoms with Crippen LogP contribution in [0.5, 0.6) is 5.75 Å². The minimum absolute atomic E-state index is 0.108. The van der Waals surface area contributed by atoms with Crippen LogP contribution >= 0.6 is 0 Å². The summed E-state index contributed by atoms with van der Waals surface area (Å²) >= 11 is 0. The third kappa shape index (κ3) is 9.93. The Kier molecular flexibility index (Phi) is 13.0. The molecule has 0 bridgehead atoms. The van der Waals surface area contributed by atoms with Crippen LogP contribution in [0.3, 0.4) is 0 Å². The highest BCUT2D eigenvalue weighted by Crippen LogP contribution is 2.47. The largest absolute Gasteiger partial charge is 0.507 e. The first kappa shape index (κ1) is 50.6. The van der Waals surface area contributed by atoms with Gasteiger partial charge in [-0.1, -0.05) is 220 Å². The van der Waals surface area contributed by atoms with E-state index in [2.05, 4.69) is 286 Å². The maximum Gasteiger partial charge on any atom is 0.149 e. The number of benzene rings is 9. The van der Waals surface area contributed by atoms with E-state index in [1.807, 2.05) is 6.20 Å². The molecule has 9 aromatic carbocycles. The molecule has 1 N–H and O–H groups in total. The van der Waals surface area contributed by atoms with Gasteiger partial charge in [0.05, 0.1) is 28.0 Å². The van der Waals surface area contributed by atoms with Crippen LogP contribution in [0.15, 0.2) is 219 Å². The minimum atomic E-state index is -0.345. The Morgan fingerprint density at radius 1 is 0.390 bits per heavy atom. The number of para-hydroxylation sites is 1. The fourth-order valence-electron chi connectivity index (χ4n) is 11.0. The van der Waals surface area contributed by atoms with Crippen LogP contribution in [-0.4, -0.2) is 19.6 Å². The summed E-state index contributed by atoms with van der Waals surface area (Å²) in [6.07, 6.45) is 1.92. The highest BCUT2D eigenvalue weighted by Gasteiger charge is 2.30. The number of phenolic OH excluding ortho intramolecular Hbond substituents is 1. The second-order valence-electron chi connectivity index (χ2n) is 23.7. The smallest absolute Gasteiger partial charge is 0.149 e. The fourth-order valence-corrected chi connectivity index (χ4v) is 11.0. The van der Waals surface area contributed by atoms with Crippen LogP contribution in [0.2, 0.25) is 0 Å². The zero-order valence-electron chi connectivity index (χ0n) is 46.1. The monoisotopic (exact) mass is 1000 g/mol. The molecule has 2 aromatic heterocycles. The Morgan fingerprint density at radius 3 is 1.56 bits per heavy atom. The number of imidazole rings is 1. The van der Waals surface area contributed by atoms with E-state index in [1.54, 1.807) is 0 Å². The van der Waals surface area contributed by atoms with E-state index in [-0.39, 0.29) is 22.0 Å². The lowest BCUT2D eigenvalue weighted by molar-refractivity contribution is 0.446. The molecule has 0 aliphatic rings. The summed E-state index contributed by atoms with van der Waals surface area (Å²) in [5.74, 6) is 0.933. The predicted molar refractivity (Wildman–Crippen MR) is 325 cm³/mol. The first-order valence-electron chi connectivity index (χ1n) is 26.9. The normalized spacial score (nSPS) is 12.1. The molecule has 0 aliphatic carbocycles. The summed E-state index contributed by atoms with van der Waals surface area (Å²) in [5, 5.41) is 12.7. The van der Waals surface area contributed by atoms with Crippen molar-refractivity contribution in [2.24, 2.45) is 0 Å². The molecule has 0 radical (unpaired) electrons. The molecule has 380 valence electrons. The molecule has 0 aliphatic heterocycles. The summed E-state index contributed by atoms with van der Waals surface area (Å²) in [6, 6.07) is 76.1. The summed E-state index contributed by atoms with van der Waals surface area (Å²) < 4.78 is 2.29. The maximum absolute atomic E-state index is 12.7. The van der Waals surface area contributed by atoms with E-state index in [1.165, 1.54) is 33.4 Å². The molecule has 0 spiro atoms. The van der Waals surface area contributed by atoms with Gasteiger partial charge in [0, 0.05) is 22.9 Å². The van der Waals surface area contributed by atoms with Crippen molar-refractivity contribution in [3.63, 3.8) is 0 Å². The summed E-state index contributed by atoms with van der Waals surface area (Å²) in [5.41, 5.74) is 22.7. The number of rotatable bonds is 9. The number of hydrogen-bond acceptors (Lipinski definition) is 3. The van der Waals surface area contributed by atoms with Crippen LogP contribution in [0.1, 0.15) is 84.6 Å². The number of fused-ring (bicyclic) bond motifs is 1. The van der Waals surface area contributed by atoms with Gasteiger partial charge in [0.1, 0.15) is 11.6 Å². The second-order valence-corrected chi connectivity index (χ2v) is 23.7. The van der Waals surface area contributed by atoms with Gasteiger partial charge in [-0.05, 0) is 156 Å². The lowest BCUT2D eigenvalue weighted by Gasteiger charge is -2.28. The van der Waals surface area contributed by atoms with Crippen molar-refractivity contribution < 1.29 is 5.11 Å². The molecular formula is C73H67N3O. The number of aryl methyl sites for hydroxylation is 1. The molecule has 77 heavy (non-hydrogen) atoms. The van der Waals surface area contributed by atoms with E-state index in [0.717, 1.165) is 83.6 Å². The van der Waals surface area contributed by atoms with Gasteiger partial charge < -0.3 is 5.11 Å². The molecule has 11 aromatic rings. The van der Waals surface area contributed by atoms with Gasteiger partial charge in [0.25, 0.3) is 0 Å². The first-order chi connectivity index (χ1) is 36.9. The highest BCUT2D eigenvalue weighted by molar-refractivity contribution is 5.98. The van der Waals surface area contributed by atoms with Crippen LogP contribution in [-0.2, 0) is 16.2 Å². The van der Waals surface area contributed by atoms with Crippen molar-refractivity contribution in [1.82, 2.24) is 14.5 Å². The SMILES string of the molecule is Cc1cc(-c2c(-c3ccccc3)cccc2C(C)(C)C)ccc1-n1c(-c2cc(C(C)(C)C)cc(C(C)(C)C)c2O)nc2c(-c3cc(-c4ccccc4)cc(-c4cc(-c5ccc(-c6ccccc6)cc5)ccn4)c3)cccc21. The third-order valence-corrected chi connectivity index (χ3v) is 15.1. The summed E-state index contributed by atoms with van der Waals surface area (Å²) in [4.78, 5) is 10.8. The lowest BCUT2D eigenvalue weighted by Crippen LogP contribution is -2.17. The van der Waals surface area contributed by atoms with Crippen LogP contribution in [0.4, 0.5) is 0 Å². The zero-order chi connectivity index (χ0) is 53.8. The van der Waals surface area contributed by atoms with Gasteiger partial charge in [-0.25, -0.2) is 4.98 Å². The van der Waals surface area contributed by atoms with E-state index in [9.17, 15) is 5.11 Å². The Balaban J connectivity index is 1.13. The zero-order valence-corrected chi connectivity index (χ0v) is 46.1. The van der Waals surface area contributed by atoms with Gasteiger partial charge in [-0.15, -0.1) is 0 Å². The van der Waals surface area contributed by atoms with Crippen molar-refractivity contribution in [3.8, 4) is 101 Å². The molecule has 0 fully saturated rings. The standard InChI is InChI=1S/C73H67N3O/c1-47-40-54(67-59(52-26-18-13-19-27-52)28-20-30-62(67)72(5,6)7)36-37-65(47)76-66-31-21-29-60(68(66)75-70(76)61-45-58(71(2,3)4)46-63(69(61)77)73(8,9)10)56-41-55(49-24-16-12-17-25-49)42-57(43-56)64-44-53(38-39-74-64)51-34-32-50(33-35-51)48-22-14-11-15-23-48/h11-46,77H,1-10H3. The van der Waals surface area contributed by atoms with E-state index < -0.39 is 0 Å². The maximum atomic E-state index is 12.7. The number of nitrogens with zero attached hydrogens (tertiary/aromatic N) is 3.